The molecule has 2 amide bonds. The first-order valence-corrected chi connectivity index (χ1v) is 6.52. The molecule has 1 aliphatic heterocycles. The van der Waals surface area contributed by atoms with Gasteiger partial charge in [-0.25, -0.2) is 4.39 Å². The average molecular weight is 330 g/mol. The van der Waals surface area contributed by atoms with Gasteiger partial charge in [0.2, 0.25) is 5.91 Å². The molecule has 0 bridgehead atoms. The lowest BCUT2D eigenvalue weighted by atomic mass is 10.1. The van der Waals surface area contributed by atoms with Gasteiger partial charge in [0.15, 0.2) is 0 Å². The maximum absolute atomic E-state index is 13.8. The number of rotatable bonds is 3. The van der Waals surface area contributed by atoms with Gasteiger partial charge < -0.3 is 16.4 Å². The van der Waals surface area contributed by atoms with Crippen LogP contribution in [0.4, 0.5) is 10.1 Å². The van der Waals surface area contributed by atoms with E-state index in [2.05, 4.69) is 15.9 Å². The summed E-state index contributed by atoms with van der Waals surface area (Å²) < 4.78 is 14.3. The van der Waals surface area contributed by atoms with Crippen molar-refractivity contribution >= 4 is 33.4 Å². The van der Waals surface area contributed by atoms with E-state index in [0.717, 1.165) is 0 Å². The van der Waals surface area contributed by atoms with E-state index in [4.69, 9.17) is 11.5 Å². The summed E-state index contributed by atoms with van der Waals surface area (Å²) in [5.74, 6) is -2.19. The van der Waals surface area contributed by atoms with E-state index in [0.29, 0.717) is 29.7 Å². The third-order valence-corrected chi connectivity index (χ3v) is 3.67. The number of amides is 2. The molecule has 0 aromatic heterocycles. The lowest BCUT2D eigenvalue weighted by molar-refractivity contribution is -0.121. The Morgan fingerprint density at radius 2 is 2.05 bits per heavy atom. The van der Waals surface area contributed by atoms with E-state index in [9.17, 15) is 14.0 Å². The minimum Gasteiger partial charge on any atom is -0.370 e. The molecule has 1 fully saturated rings. The molecule has 0 aliphatic carbocycles. The number of primary amides is 2. The molecule has 1 aromatic carbocycles. The molecule has 0 spiro atoms. The molecule has 102 valence electrons. The second-order valence-electron chi connectivity index (χ2n) is 4.48. The molecule has 2 rings (SSSR count). The molecule has 1 aliphatic rings. The first-order chi connectivity index (χ1) is 8.90. The predicted octanol–water partition coefficient (Wildman–Crippen LogP) is 0.999. The quantitative estimate of drug-likeness (QED) is 0.866. The van der Waals surface area contributed by atoms with Crippen molar-refractivity contribution in [2.75, 3.05) is 18.0 Å². The number of nitrogens with zero attached hydrogens (tertiary/aromatic N) is 1. The summed E-state index contributed by atoms with van der Waals surface area (Å²) in [6, 6.07) is 2.80. The molecule has 1 saturated heterocycles. The number of benzene rings is 1. The Labute approximate surface area is 117 Å². The third kappa shape index (κ3) is 2.70. The van der Waals surface area contributed by atoms with Crippen LogP contribution < -0.4 is 16.4 Å². The molecule has 5 nitrogen and oxygen atoms in total. The van der Waals surface area contributed by atoms with Crippen LogP contribution in [-0.4, -0.2) is 24.9 Å². The van der Waals surface area contributed by atoms with Gasteiger partial charge in [-0.2, -0.15) is 0 Å². The molecule has 1 unspecified atom stereocenters. The Morgan fingerprint density at radius 3 is 2.58 bits per heavy atom. The Kier molecular flexibility index (Phi) is 3.75. The van der Waals surface area contributed by atoms with E-state index in [-0.39, 0.29) is 11.5 Å². The lowest BCUT2D eigenvalue weighted by Gasteiger charge is -2.21. The maximum atomic E-state index is 13.8. The largest absolute Gasteiger partial charge is 0.370 e. The SMILES string of the molecule is NC(=O)c1c(F)cc(Br)cc1N1CCC(C(N)=O)C1. The van der Waals surface area contributed by atoms with E-state index in [1.165, 1.54) is 6.07 Å². The predicted molar refractivity (Wildman–Crippen MR) is 72.1 cm³/mol. The van der Waals surface area contributed by atoms with E-state index >= 15 is 0 Å². The Bertz CT molecular complexity index is 550. The van der Waals surface area contributed by atoms with Crippen molar-refractivity contribution in [2.45, 2.75) is 6.42 Å². The van der Waals surface area contributed by atoms with Crippen molar-refractivity contribution in [1.29, 1.82) is 0 Å². The third-order valence-electron chi connectivity index (χ3n) is 3.21. The van der Waals surface area contributed by atoms with E-state index < -0.39 is 17.6 Å². The number of carbonyl (C=O) groups is 2. The molecule has 0 radical (unpaired) electrons. The van der Waals surface area contributed by atoms with Gasteiger partial charge in [0.25, 0.3) is 5.91 Å². The number of nitrogens with two attached hydrogens (primary N) is 2. The molecular weight excluding hydrogens is 317 g/mol. The number of anilines is 1. The topological polar surface area (TPSA) is 89.4 Å². The maximum Gasteiger partial charge on any atom is 0.253 e. The van der Waals surface area contributed by atoms with Crippen LogP contribution in [0, 0.1) is 11.7 Å². The van der Waals surface area contributed by atoms with Gasteiger partial charge in [-0.1, -0.05) is 15.9 Å². The van der Waals surface area contributed by atoms with E-state index in [1.807, 2.05) is 0 Å². The Morgan fingerprint density at radius 1 is 1.37 bits per heavy atom. The van der Waals surface area contributed by atoms with Gasteiger partial charge in [-0.15, -0.1) is 0 Å². The second kappa shape index (κ2) is 5.16. The normalized spacial score (nSPS) is 18.6. The van der Waals surface area contributed by atoms with Crippen LogP contribution in [-0.2, 0) is 4.79 Å². The zero-order valence-electron chi connectivity index (χ0n) is 10.0. The number of hydrogen-bond donors (Lipinski definition) is 2. The van der Waals surface area contributed by atoms with Gasteiger partial charge >= 0.3 is 0 Å². The standard InChI is InChI=1S/C12H13BrFN3O2/c13-7-3-8(14)10(12(16)19)9(4-7)17-2-1-6(5-17)11(15)18/h3-4,6H,1-2,5H2,(H2,15,18)(H2,16,19). The Balaban J connectivity index is 2.40. The summed E-state index contributed by atoms with van der Waals surface area (Å²) in [6.07, 6.45) is 0.585. The monoisotopic (exact) mass is 329 g/mol. The summed E-state index contributed by atoms with van der Waals surface area (Å²) >= 11 is 3.18. The van der Waals surface area contributed by atoms with Crippen LogP contribution in [0.1, 0.15) is 16.8 Å². The molecule has 1 atom stereocenters. The molecule has 7 heteroatoms. The van der Waals surface area contributed by atoms with Crippen LogP contribution in [0.3, 0.4) is 0 Å². The van der Waals surface area contributed by atoms with Gasteiger partial charge in [0, 0.05) is 17.6 Å². The molecular formula is C12H13BrFN3O2. The van der Waals surface area contributed by atoms with Crippen molar-refractivity contribution in [3.8, 4) is 0 Å². The summed E-state index contributed by atoms with van der Waals surface area (Å²) in [6.45, 7) is 0.898. The van der Waals surface area contributed by atoms with Gasteiger partial charge in [-0.3, -0.25) is 9.59 Å². The summed E-state index contributed by atoms with van der Waals surface area (Å²) in [5.41, 5.74) is 10.7. The molecule has 0 saturated carbocycles. The van der Waals surface area contributed by atoms with Crippen LogP contribution in [0.5, 0.6) is 0 Å². The van der Waals surface area contributed by atoms with Crippen molar-refractivity contribution in [3.05, 3.63) is 28.0 Å². The minimum absolute atomic E-state index is 0.159. The van der Waals surface area contributed by atoms with Crippen molar-refractivity contribution in [3.63, 3.8) is 0 Å². The summed E-state index contributed by atoms with van der Waals surface area (Å²) in [4.78, 5) is 24.3. The zero-order valence-corrected chi connectivity index (χ0v) is 11.6. The average Bonchev–Trinajstić information content (AvgIpc) is 2.76. The molecule has 1 heterocycles. The number of hydrogen-bond acceptors (Lipinski definition) is 3. The first-order valence-electron chi connectivity index (χ1n) is 5.73. The smallest absolute Gasteiger partial charge is 0.253 e. The van der Waals surface area contributed by atoms with Gasteiger partial charge in [0.05, 0.1) is 17.2 Å². The first kappa shape index (κ1) is 13.8. The summed E-state index contributed by atoms with van der Waals surface area (Å²) in [5, 5.41) is 0. The fourth-order valence-electron chi connectivity index (χ4n) is 2.26. The highest BCUT2D eigenvalue weighted by Crippen LogP contribution is 2.31. The van der Waals surface area contributed by atoms with E-state index in [1.54, 1.807) is 11.0 Å². The summed E-state index contributed by atoms with van der Waals surface area (Å²) in [7, 11) is 0. The van der Waals surface area contributed by atoms with Crippen LogP contribution >= 0.6 is 15.9 Å². The number of carbonyl (C=O) groups excluding carboxylic acids is 2. The highest BCUT2D eigenvalue weighted by molar-refractivity contribution is 9.10. The fraction of sp³-hybridized carbons (Fsp3) is 0.333. The van der Waals surface area contributed by atoms with Crippen LogP contribution in [0.2, 0.25) is 0 Å². The lowest BCUT2D eigenvalue weighted by Crippen LogP contribution is -2.29. The van der Waals surface area contributed by atoms with Crippen molar-refractivity contribution in [2.24, 2.45) is 17.4 Å². The highest BCUT2D eigenvalue weighted by Gasteiger charge is 2.30. The van der Waals surface area contributed by atoms with Crippen LogP contribution in [0.15, 0.2) is 16.6 Å². The van der Waals surface area contributed by atoms with Crippen LogP contribution in [0.25, 0.3) is 0 Å². The Hall–Kier alpha value is -1.63. The van der Waals surface area contributed by atoms with Crippen molar-refractivity contribution < 1.29 is 14.0 Å². The molecule has 4 N–H and O–H groups in total. The fourth-order valence-corrected chi connectivity index (χ4v) is 2.68. The van der Waals surface area contributed by atoms with Gasteiger partial charge in [-0.05, 0) is 18.6 Å². The molecule has 1 aromatic rings. The molecule has 19 heavy (non-hydrogen) atoms. The van der Waals surface area contributed by atoms with Crippen molar-refractivity contribution in [1.82, 2.24) is 0 Å². The minimum atomic E-state index is -0.831. The van der Waals surface area contributed by atoms with Gasteiger partial charge in [0.1, 0.15) is 5.82 Å². The number of halogens is 2. The second-order valence-corrected chi connectivity index (χ2v) is 5.40. The zero-order chi connectivity index (χ0) is 14.2. The highest BCUT2D eigenvalue weighted by atomic mass is 79.9.